The molecule has 0 saturated carbocycles. The smallest absolute Gasteiger partial charge is 0.238 e. The standard InChI is InChI=1S/C14H18N6O2/c21-14(18-12-2-1-3-15-6-12)9-19-4-5-22-13(7-19)8-20-11-16-10-17-20/h1-3,6,10-11,13H,4-5,7-9H2,(H,18,21). The maximum atomic E-state index is 12.1. The highest BCUT2D eigenvalue weighted by molar-refractivity contribution is 5.92. The highest BCUT2D eigenvalue weighted by Crippen LogP contribution is 2.08. The molecule has 1 saturated heterocycles. The Kier molecular flexibility index (Phi) is 4.71. The topological polar surface area (TPSA) is 85.2 Å². The minimum Gasteiger partial charge on any atom is -0.374 e. The molecule has 0 aliphatic carbocycles. The molecule has 1 atom stereocenters. The number of hydrogen-bond acceptors (Lipinski definition) is 6. The summed E-state index contributed by atoms with van der Waals surface area (Å²) < 4.78 is 7.45. The van der Waals surface area contributed by atoms with Gasteiger partial charge in [0, 0.05) is 19.3 Å². The normalized spacial score (nSPS) is 19.0. The lowest BCUT2D eigenvalue weighted by Gasteiger charge is -2.32. The van der Waals surface area contributed by atoms with Gasteiger partial charge in [-0.3, -0.25) is 19.4 Å². The Balaban J connectivity index is 1.48. The van der Waals surface area contributed by atoms with E-state index >= 15 is 0 Å². The van der Waals surface area contributed by atoms with Crippen molar-refractivity contribution in [2.24, 2.45) is 0 Å². The largest absolute Gasteiger partial charge is 0.374 e. The summed E-state index contributed by atoms with van der Waals surface area (Å²) >= 11 is 0. The molecule has 0 radical (unpaired) electrons. The first kappa shape index (κ1) is 14.6. The van der Waals surface area contributed by atoms with Crippen molar-refractivity contribution in [3.8, 4) is 0 Å². The van der Waals surface area contributed by atoms with Crippen LogP contribution < -0.4 is 5.32 Å². The Morgan fingerprint density at radius 3 is 3.18 bits per heavy atom. The molecule has 22 heavy (non-hydrogen) atoms. The van der Waals surface area contributed by atoms with Crippen LogP contribution in [0.3, 0.4) is 0 Å². The molecule has 0 aromatic carbocycles. The number of morpholine rings is 1. The lowest BCUT2D eigenvalue weighted by Crippen LogP contribution is -2.47. The fraction of sp³-hybridized carbons (Fsp3) is 0.429. The summed E-state index contributed by atoms with van der Waals surface area (Å²) in [5.41, 5.74) is 0.708. The number of ether oxygens (including phenoxy) is 1. The molecule has 3 heterocycles. The summed E-state index contributed by atoms with van der Waals surface area (Å²) in [5.74, 6) is -0.0468. The predicted octanol–water partition coefficient (Wildman–Crippen LogP) is 0.0126. The van der Waals surface area contributed by atoms with Gasteiger partial charge in [0.1, 0.15) is 12.7 Å². The van der Waals surface area contributed by atoms with Gasteiger partial charge in [0.25, 0.3) is 0 Å². The summed E-state index contributed by atoms with van der Waals surface area (Å²) in [6.45, 7) is 3.03. The van der Waals surface area contributed by atoms with Crippen molar-refractivity contribution in [3.63, 3.8) is 0 Å². The van der Waals surface area contributed by atoms with E-state index < -0.39 is 0 Å². The predicted molar refractivity (Wildman–Crippen MR) is 79.1 cm³/mol. The molecule has 1 unspecified atom stereocenters. The van der Waals surface area contributed by atoms with E-state index in [0.29, 0.717) is 31.9 Å². The van der Waals surface area contributed by atoms with Gasteiger partial charge in [-0.2, -0.15) is 5.10 Å². The molecule has 8 nitrogen and oxygen atoms in total. The third-order valence-corrected chi connectivity index (χ3v) is 3.39. The molecule has 0 spiro atoms. The van der Waals surface area contributed by atoms with Crippen LogP contribution in [0.2, 0.25) is 0 Å². The van der Waals surface area contributed by atoms with E-state index in [9.17, 15) is 4.79 Å². The number of nitrogens with one attached hydrogen (secondary N) is 1. The molecule has 1 aliphatic rings. The maximum Gasteiger partial charge on any atom is 0.238 e. The third-order valence-electron chi connectivity index (χ3n) is 3.39. The molecule has 2 aromatic rings. The lowest BCUT2D eigenvalue weighted by molar-refractivity contribution is -0.119. The number of amides is 1. The van der Waals surface area contributed by atoms with E-state index in [0.717, 1.165) is 6.54 Å². The molecular weight excluding hydrogens is 284 g/mol. The zero-order valence-corrected chi connectivity index (χ0v) is 12.1. The van der Waals surface area contributed by atoms with Crippen molar-refractivity contribution in [2.75, 3.05) is 31.6 Å². The quantitative estimate of drug-likeness (QED) is 0.837. The second-order valence-electron chi connectivity index (χ2n) is 5.14. The SMILES string of the molecule is O=C(CN1CCOC(Cn2cncn2)C1)Nc1cccnc1. The Hall–Kier alpha value is -2.32. The van der Waals surface area contributed by atoms with E-state index in [4.69, 9.17) is 4.74 Å². The number of pyridine rings is 1. The summed E-state index contributed by atoms with van der Waals surface area (Å²) in [6.07, 6.45) is 6.48. The molecule has 116 valence electrons. The molecule has 1 fully saturated rings. The fourth-order valence-electron chi connectivity index (χ4n) is 2.41. The number of anilines is 1. The van der Waals surface area contributed by atoms with Crippen molar-refractivity contribution in [2.45, 2.75) is 12.6 Å². The van der Waals surface area contributed by atoms with Crippen molar-refractivity contribution >= 4 is 11.6 Å². The van der Waals surface area contributed by atoms with Crippen molar-refractivity contribution < 1.29 is 9.53 Å². The van der Waals surface area contributed by atoms with Crippen LogP contribution in [-0.4, -0.2) is 62.9 Å². The number of aromatic nitrogens is 4. The van der Waals surface area contributed by atoms with E-state index in [1.165, 1.54) is 6.33 Å². The molecule has 1 N–H and O–H groups in total. The molecule has 2 aromatic heterocycles. The zero-order valence-electron chi connectivity index (χ0n) is 12.1. The third kappa shape index (κ3) is 4.09. The van der Waals surface area contributed by atoms with Gasteiger partial charge in [-0.25, -0.2) is 4.98 Å². The van der Waals surface area contributed by atoms with E-state index in [1.807, 2.05) is 6.07 Å². The molecule has 3 rings (SSSR count). The van der Waals surface area contributed by atoms with Crippen LogP contribution in [0.1, 0.15) is 0 Å². The fourth-order valence-corrected chi connectivity index (χ4v) is 2.41. The van der Waals surface area contributed by atoms with Crippen molar-refractivity contribution in [1.82, 2.24) is 24.6 Å². The average molecular weight is 302 g/mol. The number of carbonyl (C=O) groups is 1. The highest BCUT2D eigenvalue weighted by atomic mass is 16.5. The number of nitrogens with zero attached hydrogens (tertiary/aromatic N) is 5. The molecular formula is C14H18N6O2. The first-order valence-electron chi connectivity index (χ1n) is 7.16. The van der Waals surface area contributed by atoms with Crippen molar-refractivity contribution in [3.05, 3.63) is 37.2 Å². The van der Waals surface area contributed by atoms with Gasteiger partial charge in [0.05, 0.1) is 37.7 Å². The first-order chi connectivity index (χ1) is 10.8. The summed E-state index contributed by atoms with van der Waals surface area (Å²) in [4.78, 5) is 22.0. The van der Waals surface area contributed by atoms with Gasteiger partial charge in [-0.05, 0) is 12.1 Å². The lowest BCUT2D eigenvalue weighted by atomic mass is 10.2. The summed E-state index contributed by atoms with van der Waals surface area (Å²) in [7, 11) is 0. The van der Waals surface area contributed by atoms with Gasteiger partial charge >= 0.3 is 0 Å². The van der Waals surface area contributed by atoms with Gasteiger partial charge < -0.3 is 10.1 Å². The second kappa shape index (κ2) is 7.10. The van der Waals surface area contributed by atoms with Crippen molar-refractivity contribution in [1.29, 1.82) is 0 Å². The van der Waals surface area contributed by atoms with Gasteiger partial charge in [0.2, 0.25) is 5.91 Å². The Bertz CT molecular complexity index is 589. The number of hydrogen-bond donors (Lipinski definition) is 1. The van der Waals surface area contributed by atoms with Crippen LogP contribution in [0.15, 0.2) is 37.2 Å². The minimum absolute atomic E-state index is 0.0154. The Morgan fingerprint density at radius 2 is 2.41 bits per heavy atom. The second-order valence-corrected chi connectivity index (χ2v) is 5.14. The Morgan fingerprint density at radius 1 is 1.45 bits per heavy atom. The van der Waals surface area contributed by atoms with E-state index in [-0.39, 0.29) is 12.0 Å². The summed E-state index contributed by atoms with van der Waals surface area (Å²) in [5, 5.41) is 6.91. The van der Waals surface area contributed by atoms with Gasteiger partial charge in [0.15, 0.2) is 0 Å². The van der Waals surface area contributed by atoms with E-state index in [1.54, 1.807) is 29.5 Å². The zero-order chi connectivity index (χ0) is 15.2. The van der Waals surface area contributed by atoms with Crippen LogP contribution in [0.5, 0.6) is 0 Å². The molecule has 0 bridgehead atoms. The van der Waals surface area contributed by atoms with Crippen LogP contribution in [0, 0.1) is 0 Å². The van der Waals surface area contributed by atoms with Gasteiger partial charge in [-0.1, -0.05) is 0 Å². The average Bonchev–Trinajstić information content (AvgIpc) is 3.01. The van der Waals surface area contributed by atoms with E-state index in [2.05, 4.69) is 25.3 Å². The first-order valence-corrected chi connectivity index (χ1v) is 7.16. The molecule has 1 aliphatic heterocycles. The van der Waals surface area contributed by atoms with Crippen LogP contribution in [0.4, 0.5) is 5.69 Å². The number of rotatable bonds is 5. The Labute approximate surface area is 128 Å². The molecule has 8 heteroatoms. The number of carbonyl (C=O) groups excluding carboxylic acids is 1. The van der Waals surface area contributed by atoms with Crippen LogP contribution >= 0.6 is 0 Å². The van der Waals surface area contributed by atoms with Gasteiger partial charge in [-0.15, -0.1) is 0 Å². The summed E-state index contributed by atoms with van der Waals surface area (Å²) in [6, 6.07) is 3.61. The van der Waals surface area contributed by atoms with Crippen LogP contribution in [-0.2, 0) is 16.1 Å². The van der Waals surface area contributed by atoms with Crippen LogP contribution in [0.25, 0.3) is 0 Å². The highest BCUT2D eigenvalue weighted by Gasteiger charge is 2.22. The monoisotopic (exact) mass is 302 g/mol. The maximum absolute atomic E-state index is 12.1. The minimum atomic E-state index is -0.0468. The molecule has 1 amide bonds.